The number of hydrogen-bond donors (Lipinski definition) is 6. The van der Waals surface area contributed by atoms with Gasteiger partial charge in [-0.3, -0.25) is 29.1 Å². The molecule has 16 nitrogen and oxygen atoms in total. The van der Waals surface area contributed by atoms with Crippen LogP contribution in [0.4, 0.5) is 23.0 Å². The topological polar surface area (TPSA) is 215 Å². The molecule has 0 radical (unpaired) electrons. The molecule has 12 rings (SSSR count). The Morgan fingerprint density at radius 3 is 1.10 bits per heavy atom. The maximum atomic E-state index is 14.0. The lowest BCUT2D eigenvalue weighted by Crippen LogP contribution is -2.45. The molecule has 2 fully saturated rings. The van der Waals surface area contributed by atoms with E-state index < -0.39 is 48.2 Å². The van der Waals surface area contributed by atoms with Gasteiger partial charge >= 0.3 is 0 Å². The normalized spacial score (nSPS) is 16.8. The van der Waals surface area contributed by atoms with Gasteiger partial charge in [-0.05, 0) is 133 Å². The van der Waals surface area contributed by atoms with Gasteiger partial charge < -0.3 is 41.3 Å². The Labute approximate surface area is 562 Å². The molecular formula is C80H82N10O6. The Bertz CT molecular complexity index is 3810. The SMILES string of the molecule is C[C@@H](Cc1ccccc1)C(=O)N1CCC[C@H]1C(=O)Nc1ccccc1[C@@H](Nc1ccccn1)[C@H](c1ccccn1)[C@H](O)c1ccccc1.C[C@@H](Cc1ccccc1)C(=O)N1CCC[C@H]1C(=O)Nc1ccccc1[C@H](Nc1ccccn1)[C@@H](c1ccccn1)[C@@H](O)c1ccccc1. The van der Waals surface area contributed by atoms with E-state index in [0.29, 0.717) is 73.2 Å². The third-order valence-electron chi connectivity index (χ3n) is 18.1. The highest BCUT2D eigenvalue weighted by Crippen LogP contribution is 2.46. The van der Waals surface area contributed by atoms with Gasteiger partial charge in [-0.25, -0.2) is 9.97 Å². The summed E-state index contributed by atoms with van der Waals surface area (Å²) in [6.45, 7) is 4.96. The van der Waals surface area contributed by atoms with Crippen LogP contribution in [0.3, 0.4) is 0 Å². The number of nitrogens with one attached hydrogen (secondary N) is 4. The Morgan fingerprint density at radius 1 is 0.417 bits per heavy atom. The minimum absolute atomic E-state index is 0.0133. The molecule has 10 aromatic rings. The van der Waals surface area contributed by atoms with Crippen molar-refractivity contribution in [2.45, 2.75) is 101 Å². The van der Waals surface area contributed by atoms with E-state index in [1.165, 1.54) is 0 Å². The smallest absolute Gasteiger partial charge is 0.247 e. The number of carbonyl (C=O) groups is 4. The monoisotopic (exact) mass is 1280 g/mol. The molecule has 0 bridgehead atoms. The summed E-state index contributed by atoms with van der Waals surface area (Å²) in [5.74, 6) is -0.896. The molecule has 0 spiro atoms. The van der Waals surface area contributed by atoms with Crippen LogP contribution in [0, 0.1) is 11.8 Å². The fourth-order valence-electron chi connectivity index (χ4n) is 13.3. The van der Waals surface area contributed by atoms with Crippen molar-refractivity contribution in [1.82, 2.24) is 29.7 Å². The predicted molar refractivity (Wildman–Crippen MR) is 376 cm³/mol. The van der Waals surface area contributed by atoms with Crippen LogP contribution in [-0.2, 0) is 32.0 Å². The lowest BCUT2D eigenvalue weighted by Gasteiger charge is -2.34. The van der Waals surface area contributed by atoms with Gasteiger partial charge in [0.05, 0.1) is 36.1 Å². The number of benzene rings is 6. The first kappa shape index (κ1) is 66.8. The second-order valence-electron chi connectivity index (χ2n) is 24.7. The van der Waals surface area contributed by atoms with E-state index in [1.807, 2.05) is 257 Å². The van der Waals surface area contributed by atoms with Gasteiger partial charge in [0, 0.05) is 72.5 Å². The fourth-order valence-corrected chi connectivity index (χ4v) is 13.3. The first-order valence-electron chi connectivity index (χ1n) is 33.1. The second-order valence-corrected chi connectivity index (χ2v) is 24.7. The number of aromatic nitrogens is 4. The first-order chi connectivity index (χ1) is 47.0. The average molecular weight is 1280 g/mol. The maximum absolute atomic E-state index is 14.0. The van der Waals surface area contributed by atoms with Gasteiger partial charge in [-0.1, -0.05) is 196 Å². The molecule has 16 heteroatoms. The summed E-state index contributed by atoms with van der Waals surface area (Å²) < 4.78 is 0. The summed E-state index contributed by atoms with van der Waals surface area (Å²) in [4.78, 5) is 77.3. The third-order valence-corrected chi connectivity index (χ3v) is 18.1. The van der Waals surface area contributed by atoms with Crippen LogP contribution in [0.5, 0.6) is 0 Å². The molecule has 6 aromatic carbocycles. The van der Waals surface area contributed by atoms with E-state index >= 15 is 0 Å². The van der Waals surface area contributed by atoms with Crippen molar-refractivity contribution in [2.75, 3.05) is 34.4 Å². The standard InChI is InChI=1S/2C40H41N5O3/c2*1-28(27-29-15-4-2-5-16-29)40(48)45-26-14-22-34(45)39(47)43-32-20-9-8-19-31(32)37(44-35-23-11-13-25-42-35)36(33-21-10-12-24-41-33)38(46)30-17-6-3-7-18-30/h2*2-13,15-21,23-25,28,34,36-38,46H,14,22,26-27H2,1H3,(H,42,44)(H,43,47)/t28-,34-,36+,37-,38-;28-,34-,36-,37+,38+/m00/s1. The summed E-state index contributed by atoms with van der Waals surface area (Å²) in [7, 11) is 0. The summed E-state index contributed by atoms with van der Waals surface area (Å²) >= 11 is 0. The quantitative estimate of drug-likeness (QED) is 0.0333. The van der Waals surface area contributed by atoms with Gasteiger partial charge in [0.25, 0.3) is 0 Å². The molecule has 2 saturated heterocycles. The molecule has 96 heavy (non-hydrogen) atoms. The van der Waals surface area contributed by atoms with E-state index in [9.17, 15) is 29.4 Å². The van der Waals surface area contributed by atoms with Crippen molar-refractivity contribution in [1.29, 1.82) is 0 Å². The van der Waals surface area contributed by atoms with Crippen molar-refractivity contribution < 1.29 is 29.4 Å². The van der Waals surface area contributed by atoms with Crippen molar-refractivity contribution in [3.63, 3.8) is 0 Å². The lowest BCUT2D eigenvalue weighted by molar-refractivity contribution is -0.139. The number of para-hydroxylation sites is 2. The summed E-state index contributed by atoms with van der Waals surface area (Å²) in [6, 6.07) is 74.4. The summed E-state index contributed by atoms with van der Waals surface area (Å²) in [6.07, 6.45) is 8.91. The van der Waals surface area contributed by atoms with Crippen LogP contribution in [0.2, 0.25) is 0 Å². The highest BCUT2D eigenvalue weighted by molar-refractivity contribution is 5.99. The molecular weight excluding hydrogens is 1200 g/mol. The van der Waals surface area contributed by atoms with Gasteiger partial charge in [0.15, 0.2) is 0 Å². The highest BCUT2D eigenvalue weighted by atomic mass is 16.3. The number of nitrogens with zero attached hydrogens (tertiary/aromatic N) is 6. The van der Waals surface area contributed by atoms with Gasteiger partial charge in [0.1, 0.15) is 23.7 Å². The van der Waals surface area contributed by atoms with Crippen LogP contribution < -0.4 is 21.3 Å². The Morgan fingerprint density at radius 2 is 0.750 bits per heavy atom. The van der Waals surface area contributed by atoms with Gasteiger partial charge in [0.2, 0.25) is 23.6 Å². The Balaban J connectivity index is 0.000000195. The number of rotatable bonds is 24. The largest absolute Gasteiger partial charge is 0.388 e. The van der Waals surface area contributed by atoms with Crippen LogP contribution in [-0.4, -0.2) is 88.8 Å². The third kappa shape index (κ3) is 16.8. The van der Waals surface area contributed by atoms with Crippen molar-refractivity contribution in [3.05, 3.63) is 312 Å². The van der Waals surface area contributed by atoms with E-state index in [2.05, 4.69) is 31.2 Å². The van der Waals surface area contributed by atoms with Crippen LogP contribution in [0.25, 0.3) is 0 Å². The van der Waals surface area contributed by atoms with E-state index in [-0.39, 0.29) is 35.5 Å². The van der Waals surface area contributed by atoms with Gasteiger partial charge in [-0.15, -0.1) is 0 Å². The molecule has 0 saturated carbocycles. The zero-order valence-corrected chi connectivity index (χ0v) is 54.0. The van der Waals surface area contributed by atoms with E-state index in [1.54, 1.807) is 34.6 Å². The molecule has 2 aliphatic heterocycles. The number of anilines is 4. The summed E-state index contributed by atoms with van der Waals surface area (Å²) in [5, 5.41) is 37.5. The van der Waals surface area contributed by atoms with Crippen LogP contribution in [0.15, 0.2) is 267 Å². The minimum atomic E-state index is -0.944. The molecule has 6 N–H and O–H groups in total. The molecule has 0 aliphatic carbocycles. The van der Waals surface area contributed by atoms with Gasteiger partial charge in [-0.2, -0.15) is 0 Å². The number of aliphatic hydroxyl groups is 2. The fraction of sp³-hybridized carbons (Fsp3) is 0.250. The Hall–Kier alpha value is -10.7. The van der Waals surface area contributed by atoms with E-state index in [0.717, 1.165) is 46.2 Å². The molecule has 6 heterocycles. The second kappa shape index (κ2) is 32.9. The number of aliphatic hydroxyl groups excluding tert-OH is 2. The molecule has 2 aliphatic rings. The molecule has 4 aromatic heterocycles. The number of hydrogen-bond acceptors (Lipinski definition) is 12. The van der Waals surface area contributed by atoms with Crippen molar-refractivity contribution in [2.24, 2.45) is 11.8 Å². The number of likely N-dealkylation sites (tertiary alicyclic amines) is 2. The average Bonchev–Trinajstić information content (AvgIpc) is 0.883. The first-order valence-corrected chi connectivity index (χ1v) is 33.1. The summed E-state index contributed by atoms with van der Waals surface area (Å²) in [5.41, 5.74) is 7.75. The van der Waals surface area contributed by atoms with Crippen LogP contribution >= 0.6 is 0 Å². The lowest BCUT2D eigenvalue weighted by atomic mass is 9.82. The molecule has 0 unspecified atom stereocenters. The number of amides is 4. The predicted octanol–water partition coefficient (Wildman–Crippen LogP) is 13.9. The minimum Gasteiger partial charge on any atom is -0.388 e. The molecule has 4 amide bonds. The van der Waals surface area contributed by atoms with Crippen LogP contribution in [0.1, 0.15) is 120 Å². The maximum Gasteiger partial charge on any atom is 0.247 e. The molecule has 10 atom stereocenters. The highest BCUT2D eigenvalue weighted by Gasteiger charge is 2.41. The van der Waals surface area contributed by atoms with Crippen molar-refractivity contribution in [3.8, 4) is 0 Å². The zero-order valence-electron chi connectivity index (χ0n) is 54.0. The Kier molecular flexibility index (Phi) is 22.9. The zero-order chi connectivity index (χ0) is 66.6. The number of pyridine rings is 4. The number of carbonyl (C=O) groups excluding carboxylic acids is 4. The molecule has 488 valence electrons. The van der Waals surface area contributed by atoms with E-state index in [4.69, 9.17) is 9.97 Å². The van der Waals surface area contributed by atoms with Crippen molar-refractivity contribution >= 4 is 46.6 Å².